The van der Waals surface area contributed by atoms with Crippen LogP contribution in [0, 0.1) is 5.92 Å². The molecule has 1 amide bonds. The first-order valence-electron chi connectivity index (χ1n) is 7.19. The maximum Gasteiger partial charge on any atom is 0.326 e. The molecule has 0 bridgehead atoms. The molecule has 1 aromatic carbocycles. The summed E-state index contributed by atoms with van der Waals surface area (Å²) in [6.07, 6.45) is 3.51. The van der Waals surface area contributed by atoms with Crippen molar-refractivity contribution in [1.29, 1.82) is 0 Å². The molecule has 1 fully saturated rings. The zero-order valence-corrected chi connectivity index (χ0v) is 11.9. The molecule has 0 radical (unpaired) electrons. The van der Waals surface area contributed by atoms with Crippen molar-refractivity contribution in [2.24, 2.45) is 5.92 Å². The molecular formula is C16H18N2O3. The number of nitrogens with one attached hydrogen (secondary N) is 1. The van der Waals surface area contributed by atoms with E-state index in [4.69, 9.17) is 0 Å². The highest BCUT2D eigenvalue weighted by Crippen LogP contribution is 2.26. The fourth-order valence-corrected chi connectivity index (χ4v) is 3.14. The number of piperidine rings is 1. The number of fused-ring (bicyclic) bond motifs is 1. The molecule has 2 heterocycles. The minimum absolute atomic E-state index is 0.0191. The lowest BCUT2D eigenvalue weighted by atomic mass is 9.90. The van der Waals surface area contributed by atoms with Gasteiger partial charge in [-0.3, -0.25) is 4.79 Å². The Labute approximate surface area is 122 Å². The van der Waals surface area contributed by atoms with Crippen molar-refractivity contribution in [3.63, 3.8) is 0 Å². The second-order valence-electron chi connectivity index (χ2n) is 5.68. The Kier molecular flexibility index (Phi) is 3.41. The molecule has 0 aliphatic carbocycles. The van der Waals surface area contributed by atoms with Gasteiger partial charge in [-0.2, -0.15) is 0 Å². The summed E-state index contributed by atoms with van der Waals surface area (Å²) in [6, 6.07) is 6.63. The standard InChI is InChI=1S/C16H18N2O3/c1-10-3-2-8-18(14(10)16(20)21)15(19)12-5-4-11-6-7-17-13(11)9-12/h4-7,9-10,14,17H,2-3,8H2,1H3,(H,20,21). The number of hydrogen-bond acceptors (Lipinski definition) is 2. The fraction of sp³-hybridized carbons (Fsp3) is 0.375. The van der Waals surface area contributed by atoms with E-state index < -0.39 is 12.0 Å². The van der Waals surface area contributed by atoms with Gasteiger partial charge in [0.25, 0.3) is 5.91 Å². The molecule has 5 heteroatoms. The molecular weight excluding hydrogens is 268 g/mol. The van der Waals surface area contributed by atoms with E-state index in [2.05, 4.69) is 4.98 Å². The Bertz CT molecular complexity index is 692. The number of carboxylic acid groups (broad SMARTS) is 1. The number of H-pyrrole nitrogens is 1. The Morgan fingerprint density at radius 1 is 1.33 bits per heavy atom. The van der Waals surface area contributed by atoms with Crippen LogP contribution >= 0.6 is 0 Å². The Morgan fingerprint density at radius 2 is 2.14 bits per heavy atom. The molecule has 2 aromatic rings. The maximum absolute atomic E-state index is 12.7. The van der Waals surface area contributed by atoms with E-state index in [1.165, 1.54) is 4.90 Å². The van der Waals surface area contributed by atoms with Crippen LogP contribution in [0.1, 0.15) is 30.1 Å². The Hall–Kier alpha value is -2.30. The van der Waals surface area contributed by atoms with Crippen molar-refractivity contribution in [1.82, 2.24) is 9.88 Å². The van der Waals surface area contributed by atoms with Crippen molar-refractivity contribution in [2.45, 2.75) is 25.8 Å². The monoisotopic (exact) mass is 286 g/mol. The third-order valence-electron chi connectivity index (χ3n) is 4.25. The van der Waals surface area contributed by atoms with Gasteiger partial charge in [-0.15, -0.1) is 0 Å². The summed E-state index contributed by atoms with van der Waals surface area (Å²) in [5.41, 5.74) is 1.42. The van der Waals surface area contributed by atoms with Gasteiger partial charge in [0, 0.05) is 23.8 Å². The second kappa shape index (κ2) is 5.24. The van der Waals surface area contributed by atoms with Gasteiger partial charge in [0.15, 0.2) is 0 Å². The Balaban J connectivity index is 1.93. The number of nitrogens with zero attached hydrogens (tertiary/aromatic N) is 1. The lowest BCUT2D eigenvalue weighted by molar-refractivity contribution is -0.145. The van der Waals surface area contributed by atoms with Crippen LogP contribution in [0.25, 0.3) is 10.9 Å². The average Bonchev–Trinajstić information content (AvgIpc) is 2.93. The van der Waals surface area contributed by atoms with Crippen LogP contribution in [-0.4, -0.2) is 39.5 Å². The topological polar surface area (TPSA) is 73.4 Å². The number of aliphatic carboxylic acids is 1. The molecule has 1 saturated heterocycles. The van der Waals surface area contributed by atoms with Gasteiger partial charge < -0.3 is 15.0 Å². The number of carbonyl (C=O) groups is 2. The third kappa shape index (κ3) is 2.39. The molecule has 2 unspecified atom stereocenters. The minimum Gasteiger partial charge on any atom is -0.480 e. The van der Waals surface area contributed by atoms with Crippen molar-refractivity contribution in [3.8, 4) is 0 Å². The van der Waals surface area contributed by atoms with Crippen LogP contribution in [0.2, 0.25) is 0 Å². The molecule has 5 nitrogen and oxygen atoms in total. The SMILES string of the molecule is CC1CCCN(C(=O)c2ccc3cc[nH]c3c2)C1C(=O)O. The number of carbonyl (C=O) groups excluding carboxylic acids is 1. The van der Waals surface area contributed by atoms with Gasteiger partial charge in [-0.25, -0.2) is 4.79 Å². The van der Waals surface area contributed by atoms with Gasteiger partial charge in [0.1, 0.15) is 6.04 Å². The summed E-state index contributed by atoms with van der Waals surface area (Å²) in [5, 5.41) is 10.4. The summed E-state index contributed by atoms with van der Waals surface area (Å²) in [7, 11) is 0. The maximum atomic E-state index is 12.7. The molecule has 21 heavy (non-hydrogen) atoms. The van der Waals surface area contributed by atoms with Crippen molar-refractivity contribution in [2.75, 3.05) is 6.54 Å². The quantitative estimate of drug-likeness (QED) is 0.890. The van der Waals surface area contributed by atoms with Crippen molar-refractivity contribution < 1.29 is 14.7 Å². The minimum atomic E-state index is -0.920. The molecule has 1 aliphatic rings. The number of hydrogen-bond donors (Lipinski definition) is 2. The molecule has 0 spiro atoms. The number of rotatable bonds is 2. The molecule has 110 valence electrons. The van der Waals surface area contributed by atoms with E-state index in [0.29, 0.717) is 12.1 Å². The smallest absolute Gasteiger partial charge is 0.326 e. The van der Waals surface area contributed by atoms with Gasteiger partial charge >= 0.3 is 5.97 Å². The number of aromatic amines is 1. The van der Waals surface area contributed by atoms with E-state index in [1.807, 2.05) is 25.3 Å². The van der Waals surface area contributed by atoms with Gasteiger partial charge in [-0.05, 0) is 42.3 Å². The van der Waals surface area contributed by atoms with Gasteiger partial charge in [0.2, 0.25) is 0 Å². The molecule has 0 saturated carbocycles. The largest absolute Gasteiger partial charge is 0.480 e. The van der Waals surface area contributed by atoms with Crippen LogP contribution in [0.4, 0.5) is 0 Å². The molecule has 2 atom stereocenters. The van der Waals surface area contributed by atoms with E-state index in [9.17, 15) is 14.7 Å². The summed E-state index contributed by atoms with van der Waals surface area (Å²) < 4.78 is 0. The van der Waals surface area contributed by atoms with Crippen molar-refractivity contribution in [3.05, 3.63) is 36.0 Å². The number of benzene rings is 1. The zero-order valence-electron chi connectivity index (χ0n) is 11.9. The highest BCUT2D eigenvalue weighted by Gasteiger charge is 2.37. The second-order valence-corrected chi connectivity index (χ2v) is 5.68. The van der Waals surface area contributed by atoms with Crippen LogP contribution < -0.4 is 0 Å². The Morgan fingerprint density at radius 3 is 2.90 bits per heavy atom. The number of amides is 1. The molecule has 1 aromatic heterocycles. The highest BCUT2D eigenvalue weighted by atomic mass is 16.4. The van der Waals surface area contributed by atoms with Crippen LogP contribution in [0.15, 0.2) is 30.5 Å². The summed E-state index contributed by atoms with van der Waals surface area (Å²) in [6.45, 7) is 2.40. The van der Waals surface area contributed by atoms with Crippen molar-refractivity contribution >= 4 is 22.8 Å². The van der Waals surface area contributed by atoms with Gasteiger partial charge in [0.05, 0.1) is 0 Å². The highest BCUT2D eigenvalue weighted by molar-refractivity contribution is 5.99. The summed E-state index contributed by atoms with van der Waals surface area (Å²) in [5.74, 6) is -1.14. The lowest BCUT2D eigenvalue weighted by Gasteiger charge is -2.37. The third-order valence-corrected chi connectivity index (χ3v) is 4.25. The molecule has 3 rings (SSSR count). The van der Waals surface area contributed by atoms with E-state index >= 15 is 0 Å². The molecule has 2 N–H and O–H groups in total. The zero-order chi connectivity index (χ0) is 15.0. The van der Waals surface area contributed by atoms with E-state index in [1.54, 1.807) is 12.1 Å². The normalized spacial score (nSPS) is 22.4. The van der Waals surface area contributed by atoms with E-state index in [-0.39, 0.29) is 11.8 Å². The summed E-state index contributed by atoms with van der Waals surface area (Å²) >= 11 is 0. The lowest BCUT2D eigenvalue weighted by Crippen LogP contribution is -2.51. The van der Waals surface area contributed by atoms with Crippen LogP contribution in [0.5, 0.6) is 0 Å². The fourth-order valence-electron chi connectivity index (χ4n) is 3.14. The van der Waals surface area contributed by atoms with E-state index in [0.717, 1.165) is 23.7 Å². The first kappa shape index (κ1) is 13.7. The first-order chi connectivity index (χ1) is 10.1. The number of aromatic nitrogens is 1. The van der Waals surface area contributed by atoms with Gasteiger partial charge in [-0.1, -0.05) is 13.0 Å². The predicted octanol–water partition coefficient (Wildman–Crippen LogP) is 2.49. The number of likely N-dealkylation sites (tertiary alicyclic amines) is 1. The first-order valence-corrected chi connectivity index (χ1v) is 7.19. The number of carboxylic acids is 1. The average molecular weight is 286 g/mol. The van der Waals surface area contributed by atoms with Crippen LogP contribution in [-0.2, 0) is 4.79 Å². The van der Waals surface area contributed by atoms with Crippen LogP contribution in [0.3, 0.4) is 0 Å². The molecule has 1 aliphatic heterocycles. The summed E-state index contributed by atoms with van der Waals surface area (Å²) in [4.78, 5) is 28.7. The predicted molar refractivity (Wildman–Crippen MR) is 79.2 cm³/mol.